The first-order chi connectivity index (χ1) is 26.8. The van der Waals surface area contributed by atoms with Crippen molar-refractivity contribution in [3.63, 3.8) is 0 Å². The molecule has 0 saturated heterocycles. The van der Waals surface area contributed by atoms with Crippen molar-refractivity contribution < 1.29 is 34.1 Å². The fraction of sp³-hybridized carbons (Fsp3) is 0.476. The molecule has 0 spiro atoms. The summed E-state index contributed by atoms with van der Waals surface area (Å²) in [5, 5.41) is 36.5. The molecule has 0 aliphatic carbocycles. The molecule has 4 amide bonds. The number of amides is 4. The number of fused-ring (bicyclic) bond motifs is 1. The molecule has 0 bridgehead atoms. The number of benzene rings is 2. The zero-order valence-corrected chi connectivity index (χ0v) is 33.1. The van der Waals surface area contributed by atoms with Gasteiger partial charge in [-0.2, -0.15) is 0 Å². The van der Waals surface area contributed by atoms with E-state index in [1.807, 2.05) is 70.2 Å². The van der Waals surface area contributed by atoms with Crippen LogP contribution in [0.1, 0.15) is 65.8 Å². The molecule has 4 aromatic rings. The summed E-state index contributed by atoms with van der Waals surface area (Å²) in [6.45, 7) is 10.9. The predicted octanol–water partition coefficient (Wildman–Crippen LogP) is 3.44. The lowest BCUT2D eigenvalue weighted by molar-refractivity contribution is -0.141. The Hall–Kier alpha value is -5.34. The number of H-pyrrole nitrogens is 1. The van der Waals surface area contributed by atoms with Gasteiger partial charge in [0.05, 0.1) is 36.6 Å². The van der Waals surface area contributed by atoms with Crippen molar-refractivity contribution in [2.75, 3.05) is 6.61 Å². The maximum Gasteiger partial charge on any atom is 0.258 e. The van der Waals surface area contributed by atoms with E-state index in [1.165, 1.54) is 6.33 Å². The molecule has 2 aromatic carbocycles. The van der Waals surface area contributed by atoms with Crippen molar-refractivity contribution in [3.8, 4) is 5.75 Å². The largest absolute Gasteiger partial charge is 0.483 e. The topological polar surface area (TPSA) is 208 Å². The van der Waals surface area contributed by atoms with Crippen LogP contribution < -0.4 is 26.0 Å². The van der Waals surface area contributed by atoms with Gasteiger partial charge in [0.15, 0.2) is 6.61 Å². The van der Waals surface area contributed by atoms with Gasteiger partial charge in [-0.05, 0) is 47.8 Å². The van der Waals surface area contributed by atoms with Gasteiger partial charge in [0.25, 0.3) is 5.91 Å². The molecule has 4 rings (SSSR count). The van der Waals surface area contributed by atoms with Gasteiger partial charge in [-0.1, -0.05) is 90.4 Å². The third kappa shape index (κ3) is 12.3. The number of aromatic nitrogens is 3. The Morgan fingerprint density at radius 3 is 2.23 bits per heavy atom. The molecule has 14 nitrogen and oxygen atoms in total. The molecular weight excluding hydrogens is 715 g/mol. The highest BCUT2D eigenvalue weighted by Crippen LogP contribution is 2.26. The summed E-state index contributed by atoms with van der Waals surface area (Å²) in [7, 11) is 0. The SMILES string of the molecule is CC[C@H](C)[C@H](NC(=O)C(C(C)C)C(O)C(O)[C@H](CC(C)C)NC(=O)C(Cc1cnc[nH]1)NC(=O)COc1cccc2ccccc12)C(=O)NCc1ccccn1. The zero-order chi connectivity index (χ0) is 40.8. The van der Waals surface area contributed by atoms with E-state index in [0.717, 1.165) is 10.8 Å². The molecule has 0 radical (unpaired) electrons. The van der Waals surface area contributed by atoms with Gasteiger partial charge in [-0.15, -0.1) is 0 Å². The average Bonchev–Trinajstić information content (AvgIpc) is 3.70. The number of carbonyl (C=O) groups excluding carboxylic acids is 4. The molecule has 7 atom stereocenters. The van der Waals surface area contributed by atoms with E-state index in [2.05, 4.69) is 36.2 Å². The van der Waals surface area contributed by atoms with Crippen LogP contribution in [0.3, 0.4) is 0 Å². The number of ether oxygens (including phenoxy) is 1. The molecule has 302 valence electrons. The number of nitrogens with zero attached hydrogens (tertiary/aromatic N) is 2. The van der Waals surface area contributed by atoms with Gasteiger partial charge in [-0.25, -0.2) is 4.98 Å². The summed E-state index contributed by atoms with van der Waals surface area (Å²) in [5.74, 6) is -3.52. The van der Waals surface area contributed by atoms with E-state index < -0.39 is 65.8 Å². The molecule has 7 N–H and O–H groups in total. The molecule has 0 aliphatic rings. The van der Waals surface area contributed by atoms with Crippen LogP contribution in [-0.4, -0.2) is 85.7 Å². The number of rotatable bonds is 21. The van der Waals surface area contributed by atoms with Crippen LogP contribution in [-0.2, 0) is 32.1 Å². The maximum absolute atomic E-state index is 14.0. The number of hydrogen-bond donors (Lipinski definition) is 7. The van der Waals surface area contributed by atoms with Crippen molar-refractivity contribution in [1.29, 1.82) is 0 Å². The maximum atomic E-state index is 14.0. The summed E-state index contributed by atoms with van der Waals surface area (Å²) in [6, 6.07) is 15.5. The van der Waals surface area contributed by atoms with Gasteiger partial charge in [0, 0.05) is 29.9 Å². The lowest BCUT2D eigenvalue weighted by atomic mass is 9.82. The highest BCUT2D eigenvalue weighted by atomic mass is 16.5. The van der Waals surface area contributed by atoms with Crippen LogP contribution in [0.15, 0.2) is 79.4 Å². The van der Waals surface area contributed by atoms with Gasteiger partial charge >= 0.3 is 0 Å². The molecule has 2 heterocycles. The van der Waals surface area contributed by atoms with E-state index in [9.17, 15) is 29.4 Å². The van der Waals surface area contributed by atoms with E-state index in [0.29, 0.717) is 23.6 Å². The van der Waals surface area contributed by atoms with Crippen LogP contribution in [0.25, 0.3) is 10.8 Å². The third-order valence-corrected chi connectivity index (χ3v) is 9.91. The van der Waals surface area contributed by atoms with E-state index in [4.69, 9.17) is 4.74 Å². The molecule has 14 heteroatoms. The van der Waals surface area contributed by atoms with Crippen molar-refractivity contribution in [2.45, 2.75) is 97.7 Å². The monoisotopic (exact) mass is 771 g/mol. The molecule has 0 saturated carbocycles. The van der Waals surface area contributed by atoms with Gasteiger partial charge < -0.3 is 41.2 Å². The number of aliphatic hydroxyl groups is 2. The smallest absolute Gasteiger partial charge is 0.258 e. The van der Waals surface area contributed by atoms with Crippen LogP contribution in [0.5, 0.6) is 5.75 Å². The number of hydrogen-bond acceptors (Lipinski definition) is 9. The first kappa shape index (κ1) is 43.4. The second kappa shape index (κ2) is 21.1. The van der Waals surface area contributed by atoms with E-state index >= 15 is 0 Å². The number of carbonyl (C=O) groups is 4. The van der Waals surface area contributed by atoms with Crippen LogP contribution in [0.4, 0.5) is 0 Å². The Bertz CT molecular complexity index is 1850. The average molecular weight is 772 g/mol. The quantitative estimate of drug-likeness (QED) is 0.0662. The van der Waals surface area contributed by atoms with Crippen LogP contribution in [0.2, 0.25) is 0 Å². The summed E-state index contributed by atoms with van der Waals surface area (Å²) in [6.07, 6.45) is 2.31. The molecule has 0 fully saturated rings. The highest BCUT2D eigenvalue weighted by Gasteiger charge is 2.41. The summed E-state index contributed by atoms with van der Waals surface area (Å²) in [5.41, 5.74) is 1.24. The molecule has 0 aliphatic heterocycles. The fourth-order valence-electron chi connectivity index (χ4n) is 6.65. The van der Waals surface area contributed by atoms with Crippen molar-refractivity contribution in [1.82, 2.24) is 36.2 Å². The summed E-state index contributed by atoms with van der Waals surface area (Å²) >= 11 is 0. The summed E-state index contributed by atoms with van der Waals surface area (Å²) < 4.78 is 5.87. The van der Waals surface area contributed by atoms with Crippen molar-refractivity contribution in [2.24, 2.45) is 23.7 Å². The number of pyridine rings is 1. The zero-order valence-electron chi connectivity index (χ0n) is 33.1. The first-order valence-corrected chi connectivity index (χ1v) is 19.3. The second-order valence-corrected chi connectivity index (χ2v) is 15.1. The van der Waals surface area contributed by atoms with Crippen LogP contribution >= 0.6 is 0 Å². The molecular formula is C42H57N7O7. The standard InChI is InChI=1S/C42H57N7O7/c1-7-27(6)37(42(55)45-22-29-15-10-11-18-44-29)49-41(54)36(26(4)5)39(52)38(51)32(19-25(2)3)48-40(53)33(20-30-21-43-24-46-30)47-35(50)23-56-34-17-12-14-28-13-8-9-16-31(28)34/h8-18,21,24-27,32-33,36-39,51-52H,7,19-20,22-23H2,1-6H3,(H,43,46)(H,45,55)(H,47,50)(H,48,53)(H,49,54)/t27-,32-,33?,36?,37-,38?,39?/m0/s1. The molecule has 4 unspecified atom stereocenters. The molecule has 2 aromatic heterocycles. The number of aromatic amines is 1. The van der Waals surface area contributed by atoms with Gasteiger partial charge in [-0.3, -0.25) is 24.2 Å². The number of nitrogens with one attached hydrogen (secondary N) is 5. The lowest BCUT2D eigenvalue weighted by Gasteiger charge is -2.35. The van der Waals surface area contributed by atoms with Gasteiger partial charge in [0.1, 0.15) is 23.9 Å². The first-order valence-electron chi connectivity index (χ1n) is 19.3. The third-order valence-electron chi connectivity index (χ3n) is 9.91. The highest BCUT2D eigenvalue weighted by molar-refractivity contribution is 5.91. The Labute approximate surface area is 328 Å². The van der Waals surface area contributed by atoms with Crippen molar-refractivity contribution in [3.05, 3.63) is 90.8 Å². The minimum atomic E-state index is -1.62. The Balaban J connectivity index is 1.48. The fourth-order valence-corrected chi connectivity index (χ4v) is 6.65. The second-order valence-electron chi connectivity index (χ2n) is 15.1. The number of aliphatic hydroxyl groups excluding tert-OH is 2. The lowest BCUT2D eigenvalue weighted by Crippen LogP contribution is -2.59. The van der Waals surface area contributed by atoms with Gasteiger partial charge in [0.2, 0.25) is 17.7 Å². The van der Waals surface area contributed by atoms with E-state index in [1.54, 1.807) is 44.4 Å². The number of imidazole rings is 1. The Morgan fingerprint density at radius 2 is 1.57 bits per heavy atom. The Morgan fingerprint density at radius 1 is 0.839 bits per heavy atom. The minimum Gasteiger partial charge on any atom is -0.483 e. The van der Waals surface area contributed by atoms with Crippen molar-refractivity contribution >= 4 is 34.4 Å². The molecule has 56 heavy (non-hydrogen) atoms. The normalized spacial score (nSPS) is 15.2. The summed E-state index contributed by atoms with van der Waals surface area (Å²) in [4.78, 5) is 65.7. The minimum absolute atomic E-state index is 0.0409. The van der Waals surface area contributed by atoms with Crippen LogP contribution in [0, 0.1) is 23.7 Å². The Kier molecular flexibility index (Phi) is 16.3. The predicted molar refractivity (Wildman–Crippen MR) is 213 cm³/mol. The van der Waals surface area contributed by atoms with E-state index in [-0.39, 0.29) is 37.8 Å².